The Bertz CT molecular complexity index is 811. The number of carbonyl (C=O) groups excluding carboxylic acids is 2. The van der Waals surface area contributed by atoms with Crippen LogP contribution in [0.25, 0.3) is 0 Å². The normalized spacial score (nSPS) is 10.5. The Labute approximate surface area is 139 Å². The van der Waals surface area contributed by atoms with Crippen LogP contribution in [0.2, 0.25) is 0 Å². The van der Waals surface area contributed by atoms with E-state index < -0.39 is 47.1 Å². The van der Waals surface area contributed by atoms with Gasteiger partial charge in [0, 0.05) is 6.07 Å². The summed E-state index contributed by atoms with van der Waals surface area (Å²) >= 11 is 0. The van der Waals surface area contributed by atoms with Crippen molar-refractivity contribution in [3.8, 4) is 5.75 Å². The summed E-state index contributed by atoms with van der Waals surface area (Å²) in [4.78, 5) is 23.6. The Balaban J connectivity index is 2.34. The van der Waals surface area contributed by atoms with Crippen LogP contribution >= 0.6 is 0 Å². The minimum absolute atomic E-state index is 0.300. The first-order valence-corrected chi connectivity index (χ1v) is 6.76. The highest BCUT2D eigenvalue weighted by Crippen LogP contribution is 2.24. The Morgan fingerprint density at radius 1 is 1.04 bits per heavy atom. The zero-order chi connectivity index (χ0) is 18.6. The number of alkyl halides is 2. The SMILES string of the molecule is COC(=O)c1cc(NC(=O)c2ccccc2OC(F)F)c(F)cc1F. The molecule has 0 aliphatic rings. The van der Waals surface area contributed by atoms with E-state index in [9.17, 15) is 27.2 Å². The van der Waals surface area contributed by atoms with Gasteiger partial charge in [0.1, 0.15) is 17.4 Å². The maximum atomic E-state index is 13.8. The van der Waals surface area contributed by atoms with Crippen LogP contribution in [-0.2, 0) is 4.74 Å². The standard InChI is InChI=1S/C16H11F4NO4/c1-24-15(23)9-6-12(11(18)7-10(9)17)21-14(22)8-4-2-3-5-13(8)25-16(19)20/h2-7,16H,1H3,(H,21,22). The highest BCUT2D eigenvalue weighted by atomic mass is 19.3. The number of methoxy groups -OCH3 is 1. The van der Waals surface area contributed by atoms with Crippen LogP contribution in [0, 0.1) is 11.6 Å². The summed E-state index contributed by atoms with van der Waals surface area (Å²) in [7, 11) is 1.00. The van der Waals surface area contributed by atoms with Gasteiger partial charge in [0.2, 0.25) is 0 Å². The van der Waals surface area contributed by atoms with Crippen molar-refractivity contribution in [2.75, 3.05) is 12.4 Å². The fraction of sp³-hybridized carbons (Fsp3) is 0.125. The number of amides is 1. The molecule has 0 unspecified atom stereocenters. The second-order valence-electron chi connectivity index (χ2n) is 4.63. The smallest absolute Gasteiger partial charge is 0.387 e. The van der Waals surface area contributed by atoms with Crippen molar-refractivity contribution < 1.29 is 36.6 Å². The molecule has 25 heavy (non-hydrogen) atoms. The van der Waals surface area contributed by atoms with Crippen molar-refractivity contribution in [1.82, 2.24) is 0 Å². The van der Waals surface area contributed by atoms with Gasteiger partial charge in [-0.1, -0.05) is 12.1 Å². The van der Waals surface area contributed by atoms with Crippen molar-refractivity contribution in [3.63, 3.8) is 0 Å². The third kappa shape index (κ3) is 4.25. The lowest BCUT2D eigenvalue weighted by Gasteiger charge is -2.12. The van der Waals surface area contributed by atoms with Gasteiger partial charge >= 0.3 is 12.6 Å². The van der Waals surface area contributed by atoms with E-state index in [1.54, 1.807) is 0 Å². The number of nitrogens with one attached hydrogen (secondary N) is 1. The molecule has 2 aromatic rings. The van der Waals surface area contributed by atoms with Gasteiger partial charge < -0.3 is 14.8 Å². The number of rotatable bonds is 5. The molecule has 2 aromatic carbocycles. The van der Waals surface area contributed by atoms with Crippen LogP contribution in [0.15, 0.2) is 36.4 Å². The van der Waals surface area contributed by atoms with Crippen LogP contribution < -0.4 is 10.1 Å². The Kier molecular flexibility index (Phi) is 5.58. The molecular formula is C16H11F4NO4. The molecule has 0 fully saturated rings. The van der Waals surface area contributed by atoms with Crippen LogP contribution in [0.3, 0.4) is 0 Å². The summed E-state index contributed by atoms with van der Waals surface area (Å²) in [6.07, 6.45) is 0. The first kappa shape index (κ1) is 18.2. The molecule has 0 heterocycles. The van der Waals surface area contributed by atoms with Gasteiger partial charge in [0.15, 0.2) is 0 Å². The van der Waals surface area contributed by atoms with E-state index in [2.05, 4.69) is 14.8 Å². The number of halogens is 4. The van der Waals surface area contributed by atoms with Gasteiger partial charge in [-0.3, -0.25) is 4.79 Å². The van der Waals surface area contributed by atoms with Crippen molar-refractivity contribution >= 4 is 17.6 Å². The molecule has 132 valence electrons. The first-order valence-electron chi connectivity index (χ1n) is 6.76. The van der Waals surface area contributed by atoms with E-state index in [0.717, 1.165) is 19.2 Å². The lowest BCUT2D eigenvalue weighted by molar-refractivity contribution is -0.0501. The topological polar surface area (TPSA) is 64.6 Å². The lowest BCUT2D eigenvalue weighted by Crippen LogP contribution is -2.17. The van der Waals surface area contributed by atoms with Crippen LogP contribution in [0.4, 0.5) is 23.2 Å². The number of para-hydroxylation sites is 1. The number of hydrogen-bond donors (Lipinski definition) is 1. The number of esters is 1. The van der Waals surface area contributed by atoms with Gasteiger partial charge in [0.25, 0.3) is 5.91 Å². The molecule has 0 aromatic heterocycles. The molecule has 0 atom stereocenters. The van der Waals surface area contributed by atoms with Crippen molar-refractivity contribution in [3.05, 3.63) is 59.2 Å². The Morgan fingerprint density at radius 3 is 2.36 bits per heavy atom. The van der Waals surface area contributed by atoms with Gasteiger partial charge in [-0.2, -0.15) is 8.78 Å². The van der Waals surface area contributed by atoms with E-state index in [1.807, 2.05) is 0 Å². The largest absolute Gasteiger partial charge is 0.465 e. The Morgan fingerprint density at radius 2 is 1.72 bits per heavy atom. The summed E-state index contributed by atoms with van der Waals surface area (Å²) in [5.41, 5.74) is -1.43. The zero-order valence-corrected chi connectivity index (χ0v) is 12.7. The minimum atomic E-state index is -3.16. The molecule has 0 saturated heterocycles. The highest BCUT2D eigenvalue weighted by Gasteiger charge is 2.20. The third-order valence-corrected chi connectivity index (χ3v) is 3.06. The van der Waals surface area contributed by atoms with E-state index >= 15 is 0 Å². The zero-order valence-electron chi connectivity index (χ0n) is 12.7. The minimum Gasteiger partial charge on any atom is -0.465 e. The second-order valence-corrected chi connectivity index (χ2v) is 4.63. The second kappa shape index (κ2) is 7.65. The number of ether oxygens (including phenoxy) is 2. The predicted octanol–water partition coefficient (Wildman–Crippen LogP) is 3.61. The van der Waals surface area contributed by atoms with Gasteiger partial charge in [-0.05, 0) is 18.2 Å². The average molecular weight is 357 g/mol. The van der Waals surface area contributed by atoms with Crippen LogP contribution in [0.5, 0.6) is 5.75 Å². The lowest BCUT2D eigenvalue weighted by atomic mass is 10.1. The van der Waals surface area contributed by atoms with Gasteiger partial charge in [-0.25, -0.2) is 13.6 Å². The summed E-state index contributed by atoms with van der Waals surface area (Å²) in [5, 5.41) is 2.07. The van der Waals surface area contributed by atoms with Crippen molar-refractivity contribution in [2.24, 2.45) is 0 Å². The molecule has 0 bridgehead atoms. The molecule has 2 rings (SSSR count). The molecule has 0 aliphatic carbocycles. The van der Waals surface area contributed by atoms with Gasteiger partial charge in [0.05, 0.1) is 23.9 Å². The molecule has 0 radical (unpaired) electrons. The number of hydrogen-bond acceptors (Lipinski definition) is 4. The van der Waals surface area contributed by atoms with Crippen LogP contribution in [-0.4, -0.2) is 25.6 Å². The molecule has 9 heteroatoms. The summed E-state index contributed by atoms with van der Waals surface area (Å²) in [6.45, 7) is -3.16. The summed E-state index contributed by atoms with van der Waals surface area (Å²) in [6, 6.07) is 6.18. The molecule has 0 spiro atoms. The van der Waals surface area contributed by atoms with E-state index in [1.165, 1.54) is 18.2 Å². The maximum Gasteiger partial charge on any atom is 0.387 e. The number of benzene rings is 2. The number of anilines is 1. The van der Waals surface area contributed by atoms with Crippen LogP contribution in [0.1, 0.15) is 20.7 Å². The fourth-order valence-electron chi connectivity index (χ4n) is 1.95. The molecule has 1 N–H and O–H groups in total. The summed E-state index contributed by atoms with van der Waals surface area (Å²) in [5.74, 6) is -4.83. The average Bonchev–Trinajstić information content (AvgIpc) is 2.56. The molecular weight excluding hydrogens is 346 g/mol. The molecule has 5 nitrogen and oxygen atoms in total. The number of carbonyl (C=O) groups is 2. The molecule has 0 aliphatic heterocycles. The monoisotopic (exact) mass is 357 g/mol. The summed E-state index contributed by atoms with van der Waals surface area (Å²) < 4.78 is 60.7. The Hall–Kier alpha value is -3.10. The van der Waals surface area contributed by atoms with Gasteiger partial charge in [-0.15, -0.1) is 0 Å². The van der Waals surface area contributed by atoms with E-state index in [-0.39, 0.29) is 5.56 Å². The highest BCUT2D eigenvalue weighted by molar-refractivity contribution is 6.06. The predicted molar refractivity (Wildman–Crippen MR) is 78.7 cm³/mol. The first-order chi connectivity index (χ1) is 11.8. The third-order valence-electron chi connectivity index (χ3n) is 3.06. The van der Waals surface area contributed by atoms with Crippen molar-refractivity contribution in [2.45, 2.75) is 6.61 Å². The fourth-order valence-corrected chi connectivity index (χ4v) is 1.95. The molecule has 0 saturated carbocycles. The maximum absolute atomic E-state index is 13.8. The molecule has 1 amide bonds. The quantitative estimate of drug-likeness (QED) is 0.656. The van der Waals surface area contributed by atoms with E-state index in [4.69, 9.17) is 0 Å². The van der Waals surface area contributed by atoms with Crippen molar-refractivity contribution in [1.29, 1.82) is 0 Å². The van der Waals surface area contributed by atoms with E-state index in [0.29, 0.717) is 6.07 Å².